The topological polar surface area (TPSA) is 55.6 Å². The molecule has 1 aromatic carbocycles. The van der Waals surface area contributed by atoms with Gasteiger partial charge in [-0.2, -0.15) is 0 Å². The van der Waals surface area contributed by atoms with E-state index in [4.69, 9.17) is 10.5 Å². The van der Waals surface area contributed by atoms with Crippen LogP contribution in [0.5, 0.6) is 0 Å². The van der Waals surface area contributed by atoms with Crippen LogP contribution in [0.2, 0.25) is 0 Å². The number of nitrogens with zero attached hydrogens (tertiary/aromatic N) is 1. The van der Waals surface area contributed by atoms with E-state index in [0.29, 0.717) is 18.9 Å². The Morgan fingerprint density at radius 2 is 2.05 bits per heavy atom. The molecular formula is C17H27ClN2O2. The van der Waals surface area contributed by atoms with E-state index in [1.807, 2.05) is 35.2 Å². The Labute approximate surface area is 139 Å². The molecule has 0 aromatic heterocycles. The quantitative estimate of drug-likeness (QED) is 0.872. The van der Waals surface area contributed by atoms with Gasteiger partial charge in [-0.3, -0.25) is 4.79 Å². The van der Waals surface area contributed by atoms with E-state index >= 15 is 0 Å². The highest BCUT2D eigenvalue weighted by molar-refractivity contribution is 5.85. The predicted molar refractivity (Wildman–Crippen MR) is 91.1 cm³/mol. The number of amides is 1. The van der Waals surface area contributed by atoms with Crippen molar-refractivity contribution in [2.24, 2.45) is 11.7 Å². The first-order valence-electron chi connectivity index (χ1n) is 7.76. The van der Waals surface area contributed by atoms with Gasteiger partial charge in [0.1, 0.15) is 0 Å². The van der Waals surface area contributed by atoms with Crippen molar-refractivity contribution in [3.05, 3.63) is 35.9 Å². The van der Waals surface area contributed by atoms with E-state index in [9.17, 15) is 4.79 Å². The van der Waals surface area contributed by atoms with Crippen LogP contribution in [0.3, 0.4) is 0 Å². The summed E-state index contributed by atoms with van der Waals surface area (Å²) in [7, 11) is 0. The number of rotatable bonds is 6. The first kappa shape index (κ1) is 18.9. The van der Waals surface area contributed by atoms with Gasteiger partial charge in [-0.1, -0.05) is 44.2 Å². The molecule has 1 fully saturated rings. The van der Waals surface area contributed by atoms with Gasteiger partial charge in [0, 0.05) is 19.7 Å². The highest BCUT2D eigenvalue weighted by Gasteiger charge is 2.29. The number of ether oxygens (including phenoxy) is 1. The molecule has 0 saturated carbocycles. The molecule has 2 atom stereocenters. The standard InChI is InChI=1S/C17H26N2O2.ClH/c1-13(2)12-21-15-8-9-19(11-15)17(20)16(18)10-14-6-4-3-5-7-14;/h3-7,13,15-16H,8-12,18H2,1-2H3;1H/t15?,16-;/m0./s1. The van der Waals surface area contributed by atoms with Crippen molar-refractivity contribution < 1.29 is 9.53 Å². The van der Waals surface area contributed by atoms with Crippen LogP contribution >= 0.6 is 12.4 Å². The largest absolute Gasteiger partial charge is 0.376 e. The van der Waals surface area contributed by atoms with Gasteiger partial charge in [0.15, 0.2) is 0 Å². The number of likely N-dealkylation sites (tertiary alicyclic amines) is 1. The van der Waals surface area contributed by atoms with E-state index < -0.39 is 6.04 Å². The molecule has 1 unspecified atom stereocenters. The summed E-state index contributed by atoms with van der Waals surface area (Å²) in [5, 5.41) is 0. The van der Waals surface area contributed by atoms with Gasteiger partial charge < -0.3 is 15.4 Å². The third-order valence-corrected chi connectivity index (χ3v) is 3.74. The molecule has 0 aliphatic carbocycles. The lowest BCUT2D eigenvalue weighted by Gasteiger charge is -2.21. The first-order chi connectivity index (χ1) is 10.1. The second-order valence-electron chi connectivity index (χ2n) is 6.22. The lowest BCUT2D eigenvalue weighted by atomic mass is 10.1. The van der Waals surface area contributed by atoms with Gasteiger partial charge in [-0.05, 0) is 24.3 Å². The van der Waals surface area contributed by atoms with Gasteiger partial charge in [0.25, 0.3) is 0 Å². The number of hydrogen-bond acceptors (Lipinski definition) is 3. The minimum absolute atomic E-state index is 0. The highest BCUT2D eigenvalue weighted by atomic mass is 35.5. The summed E-state index contributed by atoms with van der Waals surface area (Å²) in [4.78, 5) is 14.2. The lowest BCUT2D eigenvalue weighted by molar-refractivity contribution is -0.132. The van der Waals surface area contributed by atoms with Crippen molar-refractivity contribution in [2.75, 3.05) is 19.7 Å². The smallest absolute Gasteiger partial charge is 0.239 e. The maximum absolute atomic E-state index is 12.4. The van der Waals surface area contributed by atoms with Gasteiger partial charge in [0.2, 0.25) is 5.91 Å². The van der Waals surface area contributed by atoms with Gasteiger partial charge in [-0.25, -0.2) is 0 Å². The van der Waals surface area contributed by atoms with E-state index in [1.54, 1.807) is 0 Å². The van der Waals surface area contributed by atoms with Crippen molar-refractivity contribution >= 4 is 18.3 Å². The Morgan fingerprint density at radius 1 is 1.36 bits per heavy atom. The Kier molecular flexibility index (Phi) is 7.87. The summed E-state index contributed by atoms with van der Waals surface area (Å²) >= 11 is 0. The van der Waals surface area contributed by atoms with Crippen molar-refractivity contribution in [1.29, 1.82) is 0 Å². The van der Waals surface area contributed by atoms with Crippen LogP contribution < -0.4 is 5.73 Å². The second-order valence-corrected chi connectivity index (χ2v) is 6.22. The summed E-state index contributed by atoms with van der Waals surface area (Å²) in [6, 6.07) is 9.46. The van der Waals surface area contributed by atoms with Crippen molar-refractivity contribution in [3.8, 4) is 0 Å². The van der Waals surface area contributed by atoms with Crippen LogP contribution in [0.1, 0.15) is 25.8 Å². The maximum atomic E-state index is 12.4. The fourth-order valence-electron chi connectivity index (χ4n) is 2.58. The Bertz CT molecular complexity index is 453. The molecule has 5 heteroatoms. The molecule has 1 saturated heterocycles. The summed E-state index contributed by atoms with van der Waals surface area (Å²) in [5.41, 5.74) is 7.17. The Hall–Kier alpha value is -1.10. The first-order valence-corrected chi connectivity index (χ1v) is 7.76. The third-order valence-electron chi connectivity index (χ3n) is 3.74. The molecule has 1 heterocycles. The minimum atomic E-state index is -0.462. The molecule has 1 amide bonds. The number of carbonyl (C=O) groups is 1. The molecule has 22 heavy (non-hydrogen) atoms. The maximum Gasteiger partial charge on any atom is 0.239 e. The minimum Gasteiger partial charge on any atom is -0.376 e. The fourth-order valence-corrected chi connectivity index (χ4v) is 2.58. The van der Waals surface area contributed by atoms with Crippen molar-refractivity contribution in [2.45, 2.75) is 38.8 Å². The van der Waals surface area contributed by atoms with Crippen molar-refractivity contribution in [1.82, 2.24) is 4.90 Å². The number of halogens is 1. The fraction of sp³-hybridized carbons (Fsp3) is 0.588. The average Bonchev–Trinajstić information content (AvgIpc) is 2.94. The predicted octanol–water partition coefficient (Wildman–Crippen LogP) is 2.25. The van der Waals surface area contributed by atoms with Crippen LogP contribution in [0.15, 0.2) is 30.3 Å². The zero-order valence-corrected chi connectivity index (χ0v) is 14.2. The summed E-state index contributed by atoms with van der Waals surface area (Å²) < 4.78 is 5.81. The third kappa shape index (κ3) is 5.59. The normalized spacial score (nSPS) is 19.1. The molecule has 1 aliphatic heterocycles. The molecule has 0 bridgehead atoms. The second kappa shape index (κ2) is 9.13. The number of carbonyl (C=O) groups excluding carboxylic acids is 1. The van der Waals surface area contributed by atoms with Crippen LogP contribution in [0, 0.1) is 5.92 Å². The van der Waals surface area contributed by atoms with E-state index in [1.165, 1.54) is 0 Å². The molecule has 124 valence electrons. The van der Waals surface area contributed by atoms with Crippen LogP contribution in [-0.4, -0.2) is 42.6 Å². The monoisotopic (exact) mass is 326 g/mol. The summed E-state index contributed by atoms with van der Waals surface area (Å²) in [5.74, 6) is 0.560. The molecule has 0 radical (unpaired) electrons. The Morgan fingerprint density at radius 3 is 2.68 bits per heavy atom. The van der Waals surface area contributed by atoms with E-state index in [2.05, 4.69) is 13.8 Å². The van der Waals surface area contributed by atoms with E-state index in [-0.39, 0.29) is 24.4 Å². The van der Waals surface area contributed by atoms with Gasteiger partial charge >= 0.3 is 0 Å². The molecule has 0 spiro atoms. The number of nitrogens with two attached hydrogens (primary N) is 1. The molecule has 1 aliphatic rings. The van der Waals surface area contributed by atoms with E-state index in [0.717, 1.165) is 25.1 Å². The van der Waals surface area contributed by atoms with Crippen molar-refractivity contribution in [3.63, 3.8) is 0 Å². The molecular weight excluding hydrogens is 300 g/mol. The summed E-state index contributed by atoms with van der Waals surface area (Å²) in [6.45, 7) is 6.45. The number of hydrogen-bond donors (Lipinski definition) is 1. The zero-order valence-electron chi connectivity index (χ0n) is 13.4. The molecule has 2 rings (SSSR count). The lowest BCUT2D eigenvalue weighted by Crippen LogP contribution is -2.44. The van der Waals surface area contributed by atoms with Crippen LogP contribution in [0.4, 0.5) is 0 Å². The van der Waals surface area contributed by atoms with Crippen LogP contribution in [-0.2, 0) is 16.0 Å². The number of benzene rings is 1. The highest BCUT2D eigenvalue weighted by Crippen LogP contribution is 2.15. The Balaban J connectivity index is 0.00000242. The van der Waals surface area contributed by atoms with Gasteiger partial charge in [-0.15, -0.1) is 12.4 Å². The van der Waals surface area contributed by atoms with Crippen LogP contribution in [0.25, 0.3) is 0 Å². The molecule has 2 N–H and O–H groups in total. The SMILES string of the molecule is CC(C)COC1CCN(C(=O)[C@@H](N)Cc2ccccc2)C1.Cl. The van der Waals surface area contributed by atoms with Gasteiger partial charge in [0.05, 0.1) is 12.1 Å². The summed E-state index contributed by atoms with van der Waals surface area (Å²) in [6.07, 6.45) is 1.67. The average molecular weight is 327 g/mol. The molecule has 1 aromatic rings. The molecule has 4 nitrogen and oxygen atoms in total. The zero-order chi connectivity index (χ0) is 15.2.